The largest absolute Gasteiger partial charge is 0.550 e. The van der Waals surface area contributed by atoms with Gasteiger partial charge in [-0.15, -0.1) is 23.2 Å². The minimum Gasteiger partial charge on any atom is -0.550 e. The second-order valence-electron chi connectivity index (χ2n) is 1.33. The quantitative estimate of drug-likeness (QED) is 0.538. The van der Waals surface area contributed by atoms with Gasteiger partial charge in [0.15, 0.2) is 0 Å². The summed E-state index contributed by atoms with van der Waals surface area (Å²) in [6.07, 6.45) is -0.176. The van der Waals surface area contributed by atoms with E-state index in [1.54, 1.807) is 0 Å². The summed E-state index contributed by atoms with van der Waals surface area (Å²) in [5.74, 6) is -1.01. The highest BCUT2D eigenvalue weighted by Crippen LogP contribution is 2.01. The molecule has 1 unspecified atom stereocenters. The number of aliphatic carboxylic acids is 1. The Bertz CT molecular complexity index is 84.1. The topological polar surface area (TPSA) is 40.1 Å². The van der Waals surface area contributed by atoms with Crippen molar-refractivity contribution in [3.05, 3.63) is 0 Å². The number of carboxylic acid groups (broad SMARTS) is 1. The summed E-state index contributed by atoms with van der Waals surface area (Å²) in [7, 11) is 0. The molecular weight excluding hydrogens is 151 g/mol. The summed E-state index contributed by atoms with van der Waals surface area (Å²) in [4.78, 5) is 9.71. The first-order valence-corrected chi connectivity index (χ1v) is 3.03. The minimum absolute atomic E-state index is 0.148. The molecule has 0 radical (unpaired) electrons. The maximum absolute atomic E-state index is 9.71. The molecule has 0 N–H and O–H groups in total. The van der Waals surface area contributed by atoms with E-state index in [9.17, 15) is 9.90 Å². The molecule has 4 heteroatoms. The van der Waals surface area contributed by atoms with Crippen molar-refractivity contribution in [3.63, 3.8) is 0 Å². The van der Waals surface area contributed by atoms with E-state index >= 15 is 0 Å². The van der Waals surface area contributed by atoms with E-state index in [0.717, 1.165) is 0 Å². The van der Waals surface area contributed by atoms with Gasteiger partial charge in [0.25, 0.3) is 0 Å². The zero-order valence-electron chi connectivity index (χ0n) is 4.06. The molecule has 8 heavy (non-hydrogen) atoms. The third-order valence-corrected chi connectivity index (χ3v) is 1.39. The van der Waals surface area contributed by atoms with Gasteiger partial charge in [-0.3, -0.25) is 0 Å². The van der Waals surface area contributed by atoms with Crippen molar-refractivity contribution in [2.75, 3.05) is 5.88 Å². The number of carboxylic acids is 1. The van der Waals surface area contributed by atoms with Crippen molar-refractivity contribution in [1.82, 2.24) is 0 Å². The van der Waals surface area contributed by atoms with E-state index in [2.05, 4.69) is 0 Å². The molecule has 0 saturated heterocycles. The molecule has 2 nitrogen and oxygen atoms in total. The molecule has 0 aliphatic carbocycles. The zero-order chi connectivity index (χ0) is 6.57. The number of carbonyl (C=O) groups excluding carboxylic acids is 1. The summed E-state index contributed by atoms with van der Waals surface area (Å²) in [6, 6.07) is 0. The third kappa shape index (κ3) is 4.22. The second-order valence-corrected chi connectivity index (χ2v) is 2.25. The molecule has 1 atom stereocenters. The average molecular weight is 156 g/mol. The fourth-order valence-electron chi connectivity index (χ4n) is 0.235. The molecule has 0 amide bonds. The molecule has 0 rings (SSSR count). The molecule has 0 aliphatic heterocycles. The van der Waals surface area contributed by atoms with Crippen molar-refractivity contribution in [1.29, 1.82) is 0 Å². The summed E-state index contributed by atoms with van der Waals surface area (Å²) >= 11 is 10.5. The number of hydrogen-bond acceptors (Lipinski definition) is 2. The van der Waals surface area contributed by atoms with Crippen LogP contribution < -0.4 is 5.11 Å². The fourth-order valence-corrected chi connectivity index (χ4v) is 0.470. The van der Waals surface area contributed by atoms with Gasteiger partial charge in [0.2, 0.25) is 0 Å². The first-order valence-electron chi connectivity index (χ1n) is 2.06. The van der Waals surface area contributed by atoms with Gasteiger partial charge in [-0.1, -0.05) is 0 Å². The van der Waals surface area contributed by atoms with Crippen LogP contribution in [0.5, 0.6) is 0 Å². The van der Waals surface area contributed by atoms with Crippen LogP contribution in [0, 0.1) is 0 Å². The molecule has 0 aliphatic rings. The Hall–Kier alpha value is 0.0500. The standard InChI is InChI=1S/C4H6Cl2O2/c5-2-3(6)1-4(7)8/h3H,1-2H2,(H,7,8)/p-1. The third-order valence-electron chi connectivity index (χ3n) is 0.556. The van der Waals surface area contributed by atoms with E-state index in [0.29, 0.717) is 0 Å². The van der Waals surface area contributed by atoms with Crippen molar-refractivity contribution in [3.8, 4) is 0 Å². The lowest BCUT2D eigenvalue weighted by molar-refractivity contribution is -0.305. The molecular formula is C4H5Cl2O2-. The average Bonchev–Trinajstić information content (AvgIpc) is 1.65. The van der Waals surface area contributed by atoms with Crippen LogP contribution in [0.25, 0.3) is 0 Å². The molecule has 0 aromatic rings. The number of carbonyl (C=O) groups is 1. The maximum Gasteiger partial charge on any atom is 0.0523 e. The smallest absolute Gasteiger partial charge is 0.0523 e. The van der Waals surface area contributed by atoms with E-state index in [1.165, 1.54) is 0 Å². The highest BCUT2D eigenvalue weighted by molar-refractivity contribution is 6.28. The Kier molecular flexibility index (Phi) is 4.01. The number of alkyl halides is 2. The van der Waals surface area contributed by atoms with Crippen LogP contribution in [0.2, 0.25) is 0 Å². The van der Waals surface area contributed by atoms with Crippen LogP contribution in [0.1, 0.15) is 6.42 Å². The van der Waals surface area contributed by atoms with E-state index in [4.69, 9.17) is 23.2 Å². The maximum atomic E-state index is 9.71. The Morgan fingerprint density at radius 3 is 2.38 bits per heavy atom. The van der Waals surface area contributed by atoms with Crippen molar-refractivity contribution in [2.24, 2.45) is 0 Å². The highest BCUT2D eigenvalue weighted by Gasteiger charge is 2.00. The van der Waals surface area contributed by atoms with Crippen LogP contribution in [0.3, 0.4) is 0 Å². The monoisotopic (exact) mass is 155 g/mol. The molecule has 0 heterocycles. The molecule has 48 valence electrons. The van der Waals surface area contributed by atoms with Gasteiger partial charge in [0, 0.05) is 18.3 Å². The number of hydrogen-bond donors (Lipinski definition) is 0. The van der Waals surface area contributed by atoms with Crippen molar-refractivity contribution < 1.29 is 9.90 Å². The number of rotatable bonds is 3. The summed E-state index contributed by atoms with van der Waals surface area (Å²) in [6.45, 7) is 0. The van der Waals surface area contributed by atoms with E-state index < -0.39 is 11.3 Å². The SMILES string of the molecule is O=C([O-])CC(Cl)CCl. The predicted octanol–water partition coefficient (Wildman–Crippen LogP) is -0.0274. The first-order chi connectivity index (χ1) is 3.66. The van der Waals surface area contributed by atoms with Gasteiger partial charge >= 0.3 is 0 Å². The van der Waals surface area contributed by atoms with Gasteiger partial charge in [0.1, 0.15) is 0 Å². The normalized spacial score (nSPS) is 13.2. The summed E-state index contributed by atoms with van der Waals surface area (Å²) in [5.41, 5.74) is 0. The summed E-state index contributed by atoms with van der Waals surface area (Å²) < 4.78 is 0. The molecule has 0 aromatic heterocycles. The van der Waals surface area contributed by atoms with Gasteiger partial charge in [-0.2, -0.15) is 0 Å². The van der Waals surface area contributed by atoms with Crippen LogP contribution in [-0.4, -0.2) is 17.2 Å². The highest BCUT2D eigenvalue weighted by atomic mass is 35.5. The number of halogens is 2. The lowest BCUT2D eigenvalue weighted by atomic mass is 10.3. The predicted molar refractivity (Wildman–Crippen MR) is 30.0 cm³/mol. The van der Waals surface area contributed by atoms with Gasteiger partial charge in [-0.05, 0) is 0 Å². The lowest BCUT2D eigenvalue weighted by Crippen LogP contribution is -2.25. The summed E-state index contributed by atoms with van der Waals surface area (Å²) in [5, 5.41) is 9.22. The molecule has 0 saturated carbocycles. The lowest BCUT2D eigenvalue weighted by Gasteiger charge is -2.03. The Labute approximate surface area is 57.4 Å². The van der Waals surface area contributed by atoms with E-state index in [-0.39, 0.29) is 12.3 Å². The fraction of sp³-hybridized carbons (Fsp3) is 0.750. The van der Waals surface area contributed by atoms with Crippen molar-refractivity contribution >= 4 is 29.2 Å². The Balaban J connectivity index is 3.24. The molecule has 0 bridgehead atoms. The van der Waals surface area contributed by atoms with E-state index in [1.807, 2.05) is 0 Å². The first kappa shape index (κ1) is 8.05. The Morgan fingerprint density at radius 1 is 1.75 bits per heavy atom. The molecule has 0 fully saturated rings. The molecule has 0 spiro atoms. The minimum atomic E-state index is -1.16. The van der Waals surface area contributed by atoms with Crippen LogP contribution in [-0.2, 0) is 4.79 Å². The van der Waals surface area contributed by atoms with Gasteiger partial charge in [-0.25, -0.2) is 0 Å². The van der Waals surface area contributed by atoms with Gasteiger partial charge < -0.3 is 9.90 Å². The zero-order valence-corrected chi connectivity index (χ0v) is 5.58. The van der Waals surface area contributed by atoms with Crippen molar-refractivity contribution in [2.45, 2.75) is 11.8 Å². The second kappa shape index (κ2) is 3.98. The molecule has 0 aromatic carbocycles. The van der Waals surface area contributed by atoms with Crippen LogP contribution in [0.4, 0.5) is 0 Å². The van der Waals surface area contributed by atoms with Crippen LogP contribution >= 0.6 is 23.2 Å². The van der Waals surface area contributed by atoms with Gasteiger partial charge in [0.05, 0.1) is 5.38 Å². The van der Waals surface area contributed by atoms with Crippen LogP contribution in [0.15, 0.2) is 0 Å². The Morgan fingerprint density at radius 2 is 2.25 bits per heavy atom.